The Morgan fingerprint density at radius 3 is 2.62 bits per heavy atom. The van der Waals surface area contributed by atoms with Crippen molar-refractivity contribution in [2.45, 2.75) is 26.2 Å². The first-order valence-corrected chi connectivity index (χ1v) is 4.19. The summed E-state index contributed by atoms with van der Waals surface area (Å²) in [6, 6.07) is 5.67. The molecule has 0 fully saturated rings. The fourth-order valence-electron chi connectivity index (χ4n) is 1.00. The summed E-state index contributed by atoms with van der Waals surface area (Å²) in [4.78, 5) is 4.32. The van der Waals surface area contributed by atoms with Crippen LogP contribution in [0.5, 0.6) is 0 Å². The van der Waals surface area contributed by atoms with E-state index in [0.29, 0.717) is 5.69 Å². The molecule has 1 aromatic rings. The molecular weight excluding hydrogens is 164 g/mol. The minimum absolute atomic E-state index is 0.0271. The van der Waals surface area contributed by atoms with E-state index in [4.69, 9.17) is 5.21 Å². The van der Waals surface area contributed by atoms with E-state index in [9.17, 15) is 0 Å². The van der Waals surface area contributed by atoms with Crippen molar-refractivity contribution in [3.8, 4) is 0 Å². The molecule has 1 heterocycles. The van der Waals surface area contributed by atoms with E-state index in [1.807, 2.05) is 12.1 Å². The molecule has 3 heteroatoms. The second kappa shape index (κ2) is 3.56. The van der Waals surface area contributed by atoms with E-state index in [-0.39, 0.29) is 5.41 Å². The highest BCUT2D eigenvalue weighted by Gasteiger charge is 2.14. The Balaban J connectivity index is 3.05. The van der Waals surface area contributed by atoms with E-state index in [1.165, 1.54) is 6.21 Å². The summed E-state index contributed by atoms with van der Waals surface area (Å²) in [6.07, 6.45) is 1.33. The second-order valence-electron chi connectivity index (χ2n) is 3.94. The molecule has 0 aliphatic heterocycles. The lowest BCUT2D eigenvalue weighted by Gasteiger charge is -2.17. The van der Waals surface area contributed by atoms with Crippen LogP contribution in [-0.4, -0.2) is 16.4 Å². The smallest absolute Gasteiger partial charge is 0.0918 e. The van der Waals surface area contributed by atoms with Gasteiger partial charge in [0.05, 0.1) is 11.9 Å². The molecule has 1 aromatic heterocycles. The first-order chi connectivity index (χ1) is 6.04. The van der Waals surface area contributed by atoms with Gasteiger partial charge in [-0.05, 0) is 12.1 Å². The minimum atomic E-state index is 0.0271. The third-order valence-electron chi connectivity index (χ3n) is 1.73. The maximum atomic E-state index is 8.34. The van der Waals surface area contributed by atoms with Crippen molar-refractivity contribution in [3.05, 3.63) is 29.6 Å². The molecule has 0 bridgehead atoms. The molecule has 1 N–H and O–H groups in total. The van der Waals surface area contributed by atoms with Gasteiger partial charge in [-0.1, -0.05) is 32.0 Å². The fraction of sp³-hybridized carbons (Fsp3) is 0.400. The molecule has 3 nitrogen and oxygen atoms in total. The molecule has 0 atom stereocenters. The molecular formula is C10H14N2O. The van der Waals surface area contributed by atoms with Crippen LogP contribution in [0.4, 0.5) is 0 Å². The van der Waals surface area contributed by atoms with Crippen molar-refractivity contribution in [2.75, 3.05) is 0 Å². The quantitative estimate of drug-likeness (QED) is 0.407. The molecule has 0 radical (unpaired) electrons. The summed E-state index contributed by atoms with van der Waals surface area (Å²) in [7, 11) is 0. The number of aromatic nitrogens is 1. The zero-order chi connectivity index (χ0) is 9.90. The van der Waals surface area contributed by atoms with Gasteiger partial charge in [0.25, 0.3) is 0 Å². The summed E-state index contributed by atoms with van der Waals surface area (Å²) in [6.45, 7) is 6.28. The molecule has 0 aliphatic rings. The molecule has 0 saturated carbocycles. The first kappa shape index (κ1) is 9.71. The van der Waals surface area contributed by atoms with E-state index in [1.54, 1.807) is 6.07 Å². The van der Waals surface area contributed by atoms with Crippen LogP contribution in [0.3, 0.4) is 0 Å². The number of pyridine rings is 1. The predicted molar refractivity (Wildman–Crippen MR) is 52.3 cm³/mol. The molecule has 0 saturated heterocycles. The van der Waals surface area contributed by atoms with Gasteiger partial charge >= 0.3 is 0 Å². The molecule has 0 spiro atoms. The zero-order valence-corrected chi connectivity index (χ0v) is 8.15. The third kappa shape index (κ3) is 2.54. The lowest BCUT2D eigenvalue weighted by Crippen LogP contribution is -2.14. The molecule has 0 aromatic carbocycles. The zero-order valence-electron chi connectivity index (χ0n) is 8.15. The summed E-state index contributed by atoms with van der Waals surface area (Å²) in [5.74, 6) is 0. The number of hydrogen-bond acceptors (Lipinski definition) is 3. The van der Waals surface area contributed by atoms with Gasteiger partial charge in [0, 0.05) is 11.1 Å². The van der Waals surface area contributed by atoms with Crippen molar-refractivity contribution >= 4 is 6.21 Å². The van der Waals surface area contributed by atoms with E-state index in [0.717, 1.165) is 5.69 Å². The minimum Gasteiger partial charge on any atom is -0.411 e. The van der Waals surface area contributed by atoms with Crippen LogP contribution in [0.1, 0.15) is 32.2 Å². The van der Waals surface area contributed by atoms with Crippen molar-refractivity contribution in [1.82, 2.24) is 4.98 Å². The Hall–Kier alpha value is -1.38. The SMILES string of the molecule is CC(C)(C)c1cccc(/C=N/O)n1. The number of hydrogen-bond donors (Lipinski definition) is 1. The molecule has 1 rings (SSSR count). The lowest BCUT2D eigenvalue weighted by molar-refractivity contribution is 0.321. The van der Waals surface area contributed by atoms with Crippen LogP contribution in [0, 0.1) is 0 Å². The Morgan fingerprint density at radius 1 is 1.38 bits per heavy atom. The normalized spacial score (nSPS) is 12.2. The first-order valence-electron chi connectivity index (χ1n) is 4.19. The molecule has 13 heavy (non-hydrogen) atoms. The maximum Gasteiger partial charge on any atom is 0.0918 e. The average molecular weight is 178 g/mol. The van der Waals surface area contributed by atoms with Crippen molar-refractivity contribution in [2.24, 2.45) is 5.16 Å². The predicted octanol–water partition coefficient (Wildman–Crippen LogP) is 2.19. The summed E-state index contributed by atoms with van der Waals surface area (Å²) in [5.41, 5.74) is 1.69. The van der Waals surface area contributed by atoms with E-state index >= 15 is 0 Å². The number of rotatable bonds is 1. The number of oxime groups is 1. The molecule has 0 aliphatic carbocycles. The van der Waals surface area contributed by atoms with Crippen molar-refractivity contribution in [3.63, 3.8) is 0 Å². The molecule has 0 amide bonds. The summed E-state index contributed by atoms with van der Waals surface area (Å²) in [5, 5.41) is 11.3. The number of nitrogens with zero attached hydrogens (tertiary/aromatic N) is 2. The van der Waals surface area contributed by atoms with Crippen LogP contribution < -0.4 is 0 Å². The highest BCUT2D eigenvalue weighted by Crippen LogP contribution is 2.19. The highest BCUT2D eigenvalue weighted by molar-refractivity contribution is 5.76. The van der Waals surface area contributed by atoms with Crippen LogP contribution in [-0.2, 0) is 5.41 Å². The van der Waals surface area contributed by atoms with Crippen molar-refractivity contribution < 1.29 is 5.21 Å². The van der Waals surface area contributed by atoms with Gasteiger partial charge in [0.2, 0.25) is 0 Å². The van der Waals surface area contributed by atoms with Gasteiger partial charge in [-0.2, -0.15) is 0 Å². The van der Waals surface area contributed by atoms with E-state index in [2.05, 4.69) is 30.9 Å². The van der Waals surface area contributed by atoms with Crippen LogP contribution in [0.2, 0.25) is 0 Å². The Kier molecular flexibility index (Phi) is 2.66. The molecule has 70 valence electrons. The van der Waals surface area contributed by atoms with Gasteiger partial charge in [0.1, 0.15) is 0 Å². The Bertz CT molecular complexity index is 313. The van der Waals surface area contributed by atoms with Gasteiger partial charge in [-0.3, -0.25) is 4.98 Å². The standard InChI is InChI=1S/C10H14N2O/c1-10(2,3)9-6-4-5-8(12-9)7-11-13/h4-7,13H,1-3H3/b11-7+. The maximum absolute atomic E-state index is 8.34. The second-order valence-corrected chi connectivity index (χ2v) is 3.94. The van der Waals surface area contributed by atoms with Gasteiger partial charge in [-0.15, -0.1) is 0 Å². The third-order valence-corrected chi connectivity index (χ3v) is 1.73. The average Bonchev–Trinajstić information content (AvgIpc) is 2.04. The molecule has 0 unspecified atom stereocenters. The van der Waals surface area contributed by atoms with Gasteiger partial charge < -0.3 is 5.21 Å². The Morgan fingerprint density at radius 2 is 2.08 bits per heavy atom. The Labute approximate surface area is 78.1 Å². The lowest BCUT2D eigenvalue weighted by atomic mass is 9.91. The highest BCUT2D eigenvalue weighted by atomic mass is 16.4. The van der Waals surface area contributed by atoms with Crippen LogP contribution in [0.15, 0.2) is 23.4 Å². The van der Waals surface area contributed by atoms with Gasteiger partial charge in [-0.25, -0.2) is 0 Å². The largest absolute Gasteiger partial charge is 0.411 e. The van der Waals surface area contributed by atoms with Crippen LogP contribution >= 0.6 is 0 Å². The van der Waals surface area contributed by atoms with E-state index < -0.39 is 0 Å². The fourth-order valence-corrected chi connectivity index (χ4v) is 1.00. The monoisotopic (exact) mass is 178 g/mol. The van der Waals surface area contributed by atoms with Gasteiger partial charge in [0.15, 0.2) is 0 Å². The topological polar surface area (TPSA) is 45.5 Å². The van der Waals surface area contributed by atoms with Crippen molar-refractivity contribution in [1.29, 1.82) is 0 Å². The van der Waals surface area contributed by atoms with Crippen LogP contribution in [0.25, 0.3) is 0 Å². The summed E-state index contributed by atoms with van der Waals surface area (Å²) < 4.78 is 0. The summed E-state index contributed by atoms with van der Waals surface area (Å²) >= 11 is 0.